The Morgan fingerprint density at radius 2 is 1.65 bits per heavy atom. The monoisotopic (exact) mass is 287 g/mol. The van der Waals surface area contributed by atoms with Crippen LogP contribution in [0, 0.1) is 0 Å². The van der Waals surface area contributed by atoms with Crippen LogP contribution in [0.25, 0.3) is 0 Å². The SMILES string of the molecule is CC(C)(C(=O)Nc1ccc(CCl)cc1)c1ccccc1. The molecule has 0 bridgehead atoms. The van der Waals surface area contributed by atoms with Crippen molar-refractivity contribution >= 4 is 23.2 Å². The molecule has 0 aliphatic carbocycles. The van der Waals surface area contributed by atoms with E-state index in [4.69, 9.17) is 11.6 Å². The lowest BCUT2D eigenvalue weighted by atomic mass is 9.83. The van der Waals surface area contributed by atoms with Crippen LogP contribution in [0.5, 0.6) is 0 Å². The minimum absolute atomic E-state index is 0.0256. The van der Waals surface area contributed by atoms with Gasteiger partial charge in [0.15, 0.2) is 0 Å². The number of hydrogen-bond donors (Lipinski definition) is 1. The van der Waals surface area contributed by atoms with E-state index in [1.165, 1.54) is 0 Å². The molecule has 2 aromatic carbocycles. The molecule has 3 heteroatoms. The van der Waals surface area contributed by atoms with Crippen molar-refractivity contribution in [2.75, 3.05) is 5.32 Å². The van der Waals surface area contributed by atoms with Gasteiger partial charge in [0.05, 0.1) is 5.41 Å². The summed E-state index contributed by atoms with van der Waals surface area (Å²) in [6, 6.07) is 17.3. The number of benzene rings is 2. The van der Waals surface area contributed by atoms with Crippen LogP contribution in [0.2, 0.25) is 0 Å². The fraction of sp³-hybridized carbons (Fsp3) is 0.235. The number of carbonyl (C=O) groups is 1. The predicted molar refractivity (Wildman–Crippen MR) is 84.1 cm³/mol. The predicted octanol–water partition coefficient (Wildman–Crippen LogP) is 4.34. The Morgan fingerprint density at radius 1 is 1.05 bits per heavy atom. The van der Waals surface area contributed by atoms with E-state index in [-0.39, 0.29) is 5.91 Å². The number of alkyl halides is 1. The Hall–Kier alpha value is -1.80. The summed E-state index contributed by atoms with van der Waals surface area (Å²) in [6.07, 6.45) is 0. The summed E-state index contributed by atoms with van der Waals surface area (Å²) in [5, 5.41) is 2.95. The summed E-state index contributed by atoms with van der Waals surface area (Å²) in [7, 11) is 0. The zero-order chi connectivity index (χ0) is 14.6. The molecule has 0 aliphatic heterocycles. The van der Waals surface area contributed by atoms with Gasteiger partial charge in [-0.25, -0.2) is 0 Å². The van der Waals surface area contributed by atoms with E-state index in [9.17, 15) is 4.79 Å². The van der Waals surface area contributed by atoms with Crippen molar-refractivity contribution in [2.24, 2.45) is 0 Å². The Balaban J connectivity index is 2.14. The van der Waals surface area contributed by atoms with Crippen molar-refractivity contribution in [3.8, 4) is 0 Å². The Kier molecular flexibility index (Phi) is 4.46. The van der Waals surface area contributed by atoms with Gasteiger partial charge in [-0.05, 0) is 37.1 Å². The average molecular weight is 288 g/mol. The molecule has 0 atom stereocenters. The van der Waals surface area contributed by atoms with Gasteiger partial charge in [-0.15, -0.1) is 11.6 Å². The molecule has 1 amide bonds. The molecule has 20 heavy (non-hydrogen) atoms. The van der Waals surface area contributed by atoms with Crippen LogP contribution in [0.1, 0.15) is 25.0 Å². The van der Waals surface area contributed by atoms with Crippen molar-refractivity contribution in [2.45, 2.75) is 25.1 Å². The van der Waals surface area contributed by atoms with Crippen LogP contribution < -0.4 is 5.32 Å². The Labute approximate surface area is 124 Å². The highest BCUT2D eigenvalue weighted by molar-refractivity contribution is 6.17. The van der Waals surface area contributed by atoms with Gasteiger partial charge in [0.1, 0.15) is 0 Å². The number of carbonyl (C=O) groups excluding carboxylic acids is 1. The molecule has 2 aromatic rings. The fourth-order valence-electron chi connectivity index (χ4n) is 1.95. The van der Waals surface area contributed by atoms with Gasteiger partial charge in [0.2, 0.25) is 5.91 Å². The average Bonchev–Trinajstić information content (AvgIpc) is 2.49. The van der Waals surface area contributed by atoms with Gasteiger partial charge in [0.25, 0.3) is 0 Å². The molecular weight excluding hydrogens is 270 g/mol. The third-order valence-electron chi connectivity index (χ3n) is 3.43. The molecule has 0 aliphatic rings. The lowest BCUT2D eigenvalue weighted by Gasteiger charge is -2.24. The summed E-state index contributed by atoms with van der Waals surface area (Å²) in [4.78, 5) is 12.5. The van der Waals surface area contributed by atoms with Crippen molar-refractivity contribution in [3.05, 3.63) is 65.7 Å². The van der Waals surface area contributed by atoms with E-state index in [0.717, 1.165) is 16.8 Å². The fourth-order valence-corrected chi connectivity index (χ4v) is 2.13. The topological polar surface area (TPSA) is 29.1 Å². The normalized spacial score (nSPS) is 11.2. The Bertz CT molecular complexity index is 576. The van der Waals surface area contributed by atoms with Crippen LogP contribution >= 0.6 is 11.6 Å². The van der Waals surface area contributed by atoms with Crippen LogP contribution in [0.3, 0.4) is 0 Å². The molecule has 0 spiro atoms. The first-order valence-corrected chi connectivity index (χ1v) is 7.09. The first kappa shape index (κ1) is 14.6. The molecule has 0 aromatic heterocycles. The highest BCUT2D eigenvalue weighted by Gasteiger charge is 2.29. The molecule has 104 valence electrons. The van der Waals surface area contributed by atoms with E-state index in [1.807, 2.05) is 68.4 Å². The number of halogens is 1. The second-order valence-corrected chi connectivity index (χ2v) is 5.54. The molecule has 0 unspecified atom stereocenters. The highest BCUT2D eigenvalue weighted by atomic mass is 35.5. The van der Waals surface area contributed by atoms with E-state index in [0.29, 0.717) is 5.88 Å². The van der Waals surface area contributed by atoms with Crippen molar-refractivity contribution < 1.29 is 4.79 Å². The summed E-state index contributed by atoms with van der Waals surface area (Å²) in [5.74, 6) is 0.450. The quantitative estimate of drug-likeness (QED) is 0.833. The highest BCUT2D eigenvalue weighted by Crippen LogP contribution is 2.25. The largest absolute Gasteiger partial charge is 0.325 e. The van der Waals surface area contributed by atoms with Gasteiger partial charge in [-0.1, -0.05) is 42.5 Å². The van der Waals surface area contributed by atoms with Gasteiger partial charge < -0.3 is 5.32 Å². The van der Waals surface area contributed by atoms with E-state index < -0.39 is 5.41 Å². The van der Waals surface area contributed by atoms with Gasteiger partial charge >= 0.3 is 0 Å². The number of rotatable bonds is 4. The minimum atomic E-state index is -0.577. The summed E-state index contributed by atoms with van der Waals surface area (Å²) >= 11 is 5.75. The summed E-state index contributed by atoms with van der Waals surface area (Å²) in [6.45, 7) is 3.84. The number of nitrogens with one attached hydrogen (secondary N) is 1. The standard InChI is InChI=1S/C17H18ClNO/c1-17(2,14-6-4-3-5-7-14)16(20)19-15-10-8-13(12-18)9-11-15/h3-11H,12H2,1-2H3,(H,19,20). The smallest absolute Gasteiger partial charge is 0.234 e. The molecule has 0 radical (unpaired) electrons. The molecule has 0 heterocycles. The molecule has 0 saturated carbocycles. The maximum absolute atomic E-state index is 12.5. The van der Waals surface area contributed by atoms with E-state index in [2.05, 4.69) is 5.32 Å². The molecule has 0 fully saturated rings. The number of anilines is 1. The van der Waals surface area contributed by atoms with Crippen LogP contribution in [0.15, 0.2) is 54.6 Å². The zero-order valence-corrected chi connectivity index (χ0v) is 12.4. The maximum atomic E-state index is 12.5. The molecule has 2 nitrogen and oxygen atoms in total. The maximum Gasteiger partial charge on any atom is 0.234 e. The first-order chi connectivity index (χ1) is 9.54. The molecule has 1 N–H and O–H groups in total. The van der Waals surface area contributed by atoms with Crippen LogP contribution in [-0.2, 0) is 16.1 Å². The number of hydrogen-bond acceptors (Lipinski definition) is 1. The van der Waals surface area contributed by atoms with Crippen molar-refractivity contribution in [3.63, 3.8) is 0 Å². The van der Waals surface area contributed by atoms with Gasteiger partial charge in [-0.3, -0.25) is 4.79 Å². The van der Waals surface area contributed by atoms with Crippen LogP contribution in [0.4, 0.5) is 5.69 Å². The third kappa shape index (κ3) is 3.20. The van der Waals surface area contributed by atoms with Crippen molar-refractivity contribution in [1.29, 1.82) is 0 Å². The van der Waals surface area contributed by atoms with Gasteiger partial charge in [-0.2, -0.15) is 0 Å². The molecule has 2 rings (SSSR count). The van der Waals surface area contributed by atoms with E-state index >= 15 is 0 Å². The second-order valence-electron chi connectivity index (χ2n) is 5.28. The zero-order valence-electron chi connectivity index (χ0n) is 11.7. The third-order valence-corrected chi connectivity index (χ3v) is 3.74. The minimum Gasteiger partial charge on any atom is -0.325 e. The first-order valence-electron chi connectivity index (χ1n) is 6.56. The lowest BCUT2D eigenvalue weighted by molar-refractivity contribution is -0.120. The second kappa shape index (κ2) is 6.10. The Morgan fingerprint density at radius 3 is 2.20 bits per heavy atom. The summed E-state index contributed by atoms with van der Waals surface area (Å²) < 4.78 is 0. The van der Waals surface area contributed by atoms with Crippen molar-refractivity contribution in [1.82, 2.24) is 0 Å². The lowest BCUT2D eigenvalue weighted by Crippen LogP contribution is -2.34. The van der Waals surface area contributed by atoms with E-state index in [1.54, 1.807) is 0 Å². The van der Waals surface area contributed by atoms with Crippen LogP contribution in [-0.4, -0.2) is 5.91 Å². The number of amides is 1. The molecule has 0 saturated heterocycles. The van der Waals surface area contributed by atoms with Gasteiger partial charge in [0, 0.05) is 11.6 Å². The summed E-state index contributed by atoms with van der Waals surface area (Å²) in [5.41, 5.74) is 2.24. The molecular formula is C17H18ClNO.